The molecule has 0 aliphatic carbocycles. The van der Waals surface area contributed by atoms with Crippen LogP contribution in [0.3, 0.4) is 0 Å². The number of rotatable bonds is 5. The van der Waals surface area contributed by atoms with Crippen molar-refractivity contribution in [1.29, 1.82) is 0 Å². The van der Waals surface area contributed by atoms with E-state index in [1.807, 2.05) is 18.3 Å². The number of aromatic nitrogens is 2. The Hall–Kier alpha value is -1.66. The Kier molecular flexibility index (Phi) is 4.67. The largest absolute Gasteiger partial charge is 0.490 e. The summed E-state index contributed by atoms with van der Waals surface area (Å²) in [6, 6.07) is 6.14. The molecule has 0 radical (unpaired) electrons. The van der Waals surface area contributed by atoms with Crippen molar-refractivity contribution in [2.75, 3.05) is 19.8 Å². The molecule has 2 aromatic rings. The quantitative estimate of drug-likeness (QED) is 0.920. The minimum absolute atomic E-state index is 0.0425. The fourth-order valence-corrected chi connectivity index (χ4v) is 2.79. The number of nitrogens with zero attached hydrogens (tertiary/aromatic N) is 2. The van der Waals surface area contributed by atoms with E-state index in [4.69, 9.17) is 9.47 Å². The lowest BCUT2D eigenvalue weighted by Crippen LogP contribution is -2.23. The fraction of sp³-hybridized carbons (Fsp3) is 0.467. The molecule has 5 nitrogen and oxygen atoms in total. The molecule has 1 aromatic heterocycles. The van der Waals surface area contributed by atoms with E-state index in [0.717, 1.165) is 42.1 Å². The van der Waals surface area contributed by atoms with Crippen LogP contribution in [-0.4, -0.2) is 28.5 Å². The number of fused-ring (bicyclic) bond motifs is 1. The number of ether oxygens (including phenoxy) is 2. The highest BCUT2D eigenvalue weighted by molar-refractivity contribution is 6.99. The molecule has 1 aliphatic heterocycles. The van der Waals surface area contributed by atoms with Crippen LogP contribution in [-0.2, 0) is 0 Å². The van der Waals surface area contributed by atoms with Crippen molar-refractivity contribution < 1.29 is 9.47 Å². The third kappa shape index (κ3) is 3.33. The zero-order valence-electron chi connectivity index (χ0n) is 12.0. The van der Waals surface area contributed by atoms with Gasteiger partial charge in [0.1, 0.15) is 0 Å². The normalized spacial score (nSPS) is 15.5. The molecule has 1 atom stereocenters. The highest BCUT2D eigenvalue weighted by Gasteiger charge is 2.19. The summed E-state index contributed by atoms with van der Waals surface area (Å²) in [5.41, 5.74) is 2.07. The predicted octanol–water partition coefficient (Wildman–Crippen LogP) is 2.79. The van der Waals surface area contributed by atoms with Crippen molar-refractivity contribution in [3.63, 3.8) is 0 Å². The lowest BCUT2D eigenvalue weighted by atomic mass is 10.0. The monoisotopic (exact) mass is 305 g/mol. The summed E-state index contributed by atoms with van der Waals surface area (Å²) in [5.74, 6) is 1.64. The first-order valence-electron chi connectivity index (χ1n) is 7.29. The molecule has 1 unspecified atom stereocenters. The number of hydrogen-bond donors (Lipinski definition) is 1. The van der Waals surface area contributed by atoms with Gasteiger partial charge in [0.15, 0.2) is 11.5 Å². The maximum atomic E-state index is 5.77. The van der Waals surface area contributed by atoms with Crippen molar-refractivity contribution in [1.82, 2.24) is 14.1 Å². The Bertz CT molecular complexity index is 574. The van der Waals surface area contributed by atoms with Crippen LogP contribution in [0.4, 0.5) is 0 Å². The van der Waals surface area contributed by atoms with Gasteiger partial charge >= 0.3 is 0 Å². The van der Waals surface area contributed by atoms with Crippen molar-refractivity contribution in [3.05, 3.63) is 35.7 Å². The van der Waals surface area contributed by atoms with E-state index in [2.05, 4.69) is 27.1 Å². The summed E-state index contributed by atoms with van der Waals surface area (Å²) in [7, 11) is 0. The number of benzene rings is 1. The summed E-state index contributed by atoms with van der Waals surface area (Å²) >= 11 is 1.23. The number of hydrogen-bond acceptors (Lipinski definition) is 6. The molecule has 0 fully saturated rings. The van der Waals surface area contributed by atoms with Gasteiger partial charge in [0.25, 0.3) is 0 Å². The molecule has 1 aliphatic rings. The Morgan fingerprint density at radius 1 is 1.29 bits per heavy atom. The van der Waals surface area contributed by atoms with Gasteiger partial charge in [-0.05, 0) is 30.7 Å². The van der Waals surface area contributed by atoms with Crippen molar-refractivity contribution in [2.45, 2.75) is 25.8 Å². The average molecular weight is 305 g/mol. The lowest BCUT2D eigenvalue weighted by molar-refractivity contribution is 0.297. The maximum Gasteiger partial charge on any atom is 0.161 e. The van der Waals surface area contributed by atoms with E-state index in [1.165, 1.54) is 11.7 Å². The molecule has 0 spiro atoms. The van der Waals surface area contributed by atoms with Crippen molar-refractivity contribution >= 4 is 11.7 Å². The van der Waals surface area contributed by atoms with Crippen LogP contribution in [0, 0.1) is 0 Å². The van der Waals surface area contributed by atoms with E-state index in [1.54, 1.807) is 0 Å². The third-order valence-electron chi connectivity index (χ3n) is 3.38. The Morgan fingerprint density at radius 3 is 2.90 bits per heavy atom. The van der Waals surface area contributed by atoms with Crippen molar-refractivity contribution in [3.8, 4) is 11.5 Å². The average Bonchev–Trinajstić information content (AvgIpc) is 2.93. The molecule has 1 N–H and O–H groups in total. The summed E-state index contributed by atoms with van der Waals surface area (Å²) in [5, 5.41) is 3.52. The second-order valence-corrected chi connectivity index (χ2v) is 5.53. The van der Waals surface area contributed by atoms with E-state index in [0.29, 0.717) is 13.2 Å². The fourth-order valence-electron chi connectivity index (χ4n) is 2.34. The molecule has 0 amide bonds. The molecule has 0 bridgehead atoms. The highest BCUT2D eigenvalue weighted by Crippen LogP contribution is 2.33. The SMILES string of the molecule is CCCNC(c1ccc2c(c1)OCCCO2)c1cnsn1. The lowest BCUT2D eigenvalue weighted by Gasteiger charge is -2.18. The van der Waals surface area contributed by atoms with E-state index in [9.17, 15) is 0 Å². The first-order chi connectivity index (χ1) is 10.4. The minimum Gasteiger partial charge on any atom is -0.490 e. The molecule has 2 heterocycles. The molecular formula is C15H19N3O2S. The zero-order valence-corrected chi connectivity index (χ0v) is 12.9. The van der Waals surface area contributed by atoms with Gasteiger partial charge in [0.05, 0.1) is 42.9 Å². The second-order valence-electron chi connectivity index (χ2n) is 4.98. The van der Waals surface area contributed by atoms with Gasteiger partial charge in [-0.1, -0.05) is 13.0 Å². The van der Waals surface area contributed by atoms with Gasteiger partial charge in [0, 0.05) is 6.42 Å². The Morgan fingerprint density at radius 2 is 2.14 bits per heavy atom. The summed E-state index contributed by atoms with van der Waals surface area (Å²) < 4.78 is 19.9. The first-order valence-corrected chi connectivity index (χ1v) is 8.02. The molecule has 1 aromatic carbocycles. The van der Waals surface area contributed by atoms with Gasteiger partial charge in [-0.15, -0.1) is 0 Å². The van der Waals surface area contributed by atoms with Crippen LogP contribution >= 0.6 is 11.7 Å². The Balaban J connectivity index is 1.90. The predicted molar refractivity (Wildman–Crippen MR) is 82.1 cm³/mol. The van der Waals surface area contributed by atoms with Gasteiger partial charge in [-0.2, -0.15) is 8.75 Å². The van der Waals surface area contributed by atoms with E-state index < -0.39 is 0 Å². The van der Waals surface area contributed by atoms with Crippen LogP contribution in [0.25, 0.3) is 0 Å². The maximum absolute atomic E-state index is 5.77. The van der Waals surface area contributed by atoms with Crippen LogP contribution in [0.5, 0.6) is 11.5 Å². The van der Waals surface area contributed by atoms with Crippen LogP contribution in [0.1, 0.15) is 37.1 Å². The summed E-state index contributed by atoms with van der Waals surface area (Å²) in [6.07, 6.45) is 3.80. The van der Waals surface area contributed by atoms with E-state index >= 15 is 0 Å². The molecular weight excluding hydrogens is 286 g/mol. The van der Waals surface area contributed by atoms with Gasteiger partial charge in [-0.3, -0.25) is 0 Å². The first kappa shape index (κ1) is 14.3. The van der Waals surface area contributed by atoms with Gasteiger partial charge in [-0.25, -0.2) is 0 Å². The smallest absolute Gasteiger partial charge is 0.161 e. The summed E-state index contributed by atoms with van der Waals surface area (Å²) in [6.45, 7) is 4.48. The van der Waals surface area contributed by atoms with Crippen LogP contribution in [0.2, 0.25) is 0 Å². The summed E-state index contributed by atoms with van der Waals surface area (Å²) in [4.78, 5) is 0. The van der Waals surface area contributed by atoms with Crippen molar-refractivity contribution in [2.24, 2.45) is 0 Å². The van der Waals surface area contributed by atoms with Gasteiger partial charge in [0.2, 0.25) is 0 Å². The molecule has 6 heteroatoms. The number of nitrogens with one attached hydrogen (secondary N) is 1. The third-order valence-corrected chi connectivity index (χ3v) is 3.87. The minimum atomic E-state index is 0.0425. The molecule has 0 saturated heterocycles. The molecule has 3 rings (SSSR count). The molecule has 21 heavy (non-hydrogen) atoms. The topological polar surface area (TPSA) is 56.3 Å². The zero-order chi connectivity index (χ0) is 14.5. The van der Waals surface area contributed by atoms with Crippen LogP contribution in [0.15, 0.2) is 24.4 Å². The Labute approximate surface area is 128 Å². The highest BCUT2D eigenvalue weighted by atomic mass is 32.1. The molecule has 0 saturated carbocycles. The second kappa shape index (κ2) is 6.87. The van der Waals surface area contributed by atoms with E-state index in [-0.39, 0.29) is 6.04 Å². The van der Waals surface area contributed by atoms with Gasteiger partial charge < -0.3 is 14.8 Å². The standard InChI is InChI=1S/C15H19N3O2S/c1-2-6-16-15(12-10-17-21-18-12)11-4-5-13-14(9-11)20-8-3-7-19-13/h4-5,9-10,15-16H,2-3,6-8H2,1H3. The molecule has 112 valence electrons. The van der Waals surface area contributed by atoms with Crippen LogP contribution < -0.4 is 14.8 Å².